The Balaban J connectivity index is 2.03. The molecule has 0 spiro atoms. The van der Waals surface area contributed by atoms with E-state index in [1.807, 2.05) is 25.1 Å². The van der Waals surface area contributed by atoms with Crippen LogP contribution in [0.1, 0.15) is 36.8 Å². The van der Waals surface area contributed by atoms with E-state index < -0.39 is 0 Å². The maximum Gasteiger partial charge on any atom is 0.236 e. The molecule has 0 amide bonds. The summed E-state index contributed by atoms with van der Waals surface area (Å²) in [4.78, 5) is 0. The summed E-state index contributed by atoms with van der Waals surface area (Å²) in [7, 11) is 0. The fourth-order valence-electron chi connectivity index (χ4n) is 2.99. The molecule has 1 aliphatic rings. The van der Waals surface area contributed by atoms with Gasteiger partial charge in [0.1, 0.15) is 0 Å². The van der Waals surface area contributed by atoms with Crippen molar-refractivity contribution in [1.29, 1.82) is 0 Å². The Morgan fingerprint density at radius 1 is 1.22 bits per heavy atom. The van der Waals surface area contributed by atoms with Crippen molar-refractivity contribution in [3.8, 4) is 17.1 Å². The van der Waals surface area contributed by atoms with Crippen LogP contribution in [0.15, 0.2) is 24.3 Å². The molecule has 0 unspecified atom stereocenters. The number of rotatable bonds is 4. The van der Waals surface area contributed by atoms with E-state index in [1.165, 1.54) is 0 Å². The molecular formula is C18H23N3O2. The number of aryl methyl sites for hydroxylation is 1. The van der Waals surface area contributed by atoms with Gasteiger partial charge in [-0.15, -0.1) is 10.2 Å². The largest absolute Gasteiger partial charge is 0.477 e. The molecule has 0 saturated carbocycles. The molecule has 0 aliphatic carbocycles. The third-order valence-electron chi connectivity index (χ3n) is 4.27. The van der Waals surface area contributed by atoms with Gasteiger partial charge in [0.05, 0.1) is 12.3 Å². The second-order valence-corrected chi connectivity index (χ2v) is 5.88. The van der Waals surface area contributed by atoms with Crippen molar-refractivity contribution in [3.05, 3.63) is 35.4 Å². The van der Waals surface area contributed by atoms with Gasteiger partial charge in [-0.05, 0) is 56.4 Å². The summed E-state index contributed by atoms with van der Waals surface area (Å²) in [5, 5.41) is 8.70. The molecule has 0 atom stereocenters. The Labute approximate surface area is 136 Å². The van der Waals surface area contributed by atoms with Crippen LogP contribution in [0.2, 0.25) is 0 Å². The van der Waals surface area contributed by atoms with Crippen molar-refractivity contribution in [2.45, 2.75) is 32.6 Å². The molecule has 5 nitrogen and oxygen atoms in total. The summed E-state index contributed by atoms with van der Waals surface area (Å²) in [6, 6.07) is 7.97. The third kappa shape index (κ3) is 3.45. The smallest absolute Gasteiger partial charge is 0.236 e. The van der Waals surface area contributed by atoms with Gasteiger partial charge in [0.25, 0.3) is 0 Å². The van der Waals surface area contributed by atoms with E-state index in [0.29, 0.717) is 18.4 Å². The minimum absolute atomic E-state index is 0.404. The van der Waals surface area contributed by atoms with Gasteiger partial charge in [-0.1, -0.05) is 6.07 Å². The predicted octanol–water partition coefficient (Wildman–Crippen LogP) is 3.33. The number of ether oxygens (including phenoxy) is 2. The lowest BCUT2D eigenvalue weighted by Crippen LogP contribution is -2.16. The number of benzene rings is 1. The van der Waals surface area contributed by atoms with E-state index in [9.17, 15) is 0 Å². The molecule has 0 radical (unpaired) electrons. The first-order valence-corrected chi connectivity index (χ1v) is 8.13. The first-order chi connectivity index (χ1) is 11.2. The number of nitrogens with zero attached hydrogens (tertiary/aromatic N) is 2. The van der Waals surface area contributed by atoms with Crippen LogP contribution in [0, 0.1) is 6.92 Å². The van der Waals surface area contributed by atoms with Crippen LogP contribution in [0.5, 0.6) is 5.88 Å². The topological polar surface area (TPSA) is 70.3 Å². The van der Waals surface area contributed by atoms with Gasteiger partial charge in [0.2, 0.25) is 5.88 Å². The summed E-state index contributed by atoms with van der Waals surface area (Å²) in [5.41, 5.74) is 10.8. The molecule has 1 aliphatic heterocycles. The lowest BCUT2D eigenvalue weighted by atomic mass is 9.91. The number of hydrogen-bond donors (Lipinski definition) is 1. The maximum absolute atomic E-state index is 5.93. The summed E-state index contributed by atoms with van der Waals surface area (Å²) in [6.07, 6.45) is 1.97. The predicted molar refractivity (Wildman–Crippen MR) is 90.6 cm³/mol. The van der Waals surface area contributed by atoms with Crippen molar-refractivity contribution in [3.63, 3.8) is 0 Å². The highest BCUT2D eigenvalue weighted by atomic mass is 16.5. The number of nitrogen functional groups attached to an aromatic ring is 1. The zero-order valence-corrected chi connectivity index (χ0v) is 13.7. The van der Waals surface area contributed by atoms with Crippen LogP contribution >= 0.6 is 0 Å². The van der Waals surface area contributed by atoms with Crippen LogP contribution in [-0.4, -0.2) is 30.0 Å². The molecule has 1 saturated heterocycles. The quantitative estimate of drug-likeness (QED) is 0.877. The molecule has 3 rings (SSSR count). The highest BCUT2D eigenvalue weighted by molar-refractivity contribution is 5.68. The first-order valence-electron chi connectivity index (χ1n) is 8.13. The van der Waals surface area contributed by atoms with Crippen LogP contribution in [0.3, 0.4) is 0 Å². The average Bonchev–Trinajstić information content (AvgIpc) is 2.58. The van der Waals surface area contributed by atoms with Crippen LogP contribution in [0.4, 0.5) is 5.69 Å². The van der Waals surface area contributed by atoms with Gasteiger partial charge in [0.15, 0.2) is 0 Å². The maximum atomic E-state index is 5.93. The van der Waals surface area contributed by atoms with Crippen LogP contribution in [-0.2, 0) is 4.74 Å². The molecule has 2 aromatic rings. The Kier molecular flexibility index (Phi) is 4.76. The Hall–Kier alpha value is -2.14. The number of anilines is 1. The Morgan fingerprint density at radius 3 is 2.74 bits per heavy atom. The normalized spacial score (nSPS) is 15.6. The molecule has 2 N–H and O–H groups in total. The standard InChI is InChI=1S/C18H23N3O2/c1-3-23-18-16(13-6-8-22-9-7-13)11-17(20-21-18)15-10-14(19)5-4-12(15)2/h4-5,10-11,13H,3,6-9,19H2,1-2H3. The monoisotopic (exact) mass is 313 g/mol. The van der Waals surface area contributed by atoms with E-state index >= 15 is 0 Å². The van der Waals surface area contributed by atoms with E-state index in [4.69, 9.17) is 15.2 Å². The van der Waals surface area contributed by atoms with Gasteiger partial charge in [0, 0.05) is 30.0 Å². The molecule has 2 heterocycles. The highest BCUT2D eigenvalue weighted by Crippen LogP contribution is 2.35. The van der Waals surface area contributed by atoms with Gasteiger partial charge in [-0.2, -0.15) is 0 Å². The molecule has 1 fully saturated rings. The average molecular weight is 313 g/mol. The molecule has 122 valence electrons. The number of nitrogens with two attached hydrogens (primary N) is 1. The molecule has 1 aromatic heterocycles. The number of aromatic nitrogens is 2. The zero-order chi connectivity index (χ0) is 16.2. The SMILES string of the molecule is CCOc1nnc(-c2cc(N)ccc2C)cc1C1CCOCC1. The van der Waals surface area contributed by atoms with Crippen molar-refractivity contribution in [2.24, 2.45) is 0 Å². The van der Waals surface area contributed by atoms with Gasteiger partial charge in [-0.3, -0.25) is 0 Å². The van der Waals surface area contributed by atoms with Crippen molar-refractivity contribution in [1.82, 2.24) is 10.2 Å². The fourth-order valence-corrected chi connectivity index (χ4v) is 2.99. The van der Waals surface area contributed by atoms with E-state index in [-0.39, 0.29) is 0 Å². The Morgan fingerprint density at radius 2 is 2.00 bits per heavy atom. The molecular weight excluding hydrogens is 290 g/mol. The first kappa shape index (κ1) is 15.7. The Bertz CT molecular complexity index is 682. The fraction of sp³-hybridized carbons (Fsp3) is 0.444. The van der Waals surface area contributed by atoms with E-state index in [0.717, 1.165) is 54.1 Å². The second kappa shape index (κ2) is 6.96. The lowest BCUT2D eigenvalue weighted by Gasteiger charge is -2.24. The molecule has 23 heavy (non-hydrogen) atoms. The summed E-state index contributed by atoms with van der Waals surface area (Å²) in [5.74, 6) is 1.05. The number of hydrogen-bond acceptors (Lipinski definition) is 5. The molecule has 1 aromatic carbocycles. The van der Waals surface area contributed by atoms with Crippen molar-refractivity contribution < 1.29 is 9.47 Å². The van der Waals surface area contributed by atoms with E-state index in [2.05, 4.69) is 23.2 Å². The van der Waals surface area contributed by atoms with Gasteiger partial charge < -0.3 is 15.2 Å². The van der Waals surface area contributed by atoms with Crippen molar-refractivity contribution in [2.75, 3.05) is 25.6 Å². The lowest BCUT2D eigenvalue weighted by molar-refractivity contribution is 0.0844. The minimum atomic E-state index is 0.404. The van der Waals surface area contributed by atoms with Gasteiger partial charge in [-0.25, -0.2) is 0 Å². The third-order valence-corrected chi connectivity index (χ3v) is 4.27. The van der Waals surface area contributed by atoms with Crippen molar-refractivity contribution >= 4 is 5.69 Å². The second-order valence-electron chi connectivity index (χ2n) is 5.88. The summed E-state index contributed by atoms with van der Waals surface area (Å²) < 4.78 is 11.2. The minimum Gasteiger partial charge on any atom is -0.477 e. The molecule has 0 bridgehead atoms. The molecule has 5 heteroatoms. The highest BCUT2D eigenvalue weighted by Gasteiger charge is 2.22. The van der Waals surface area contributed by atoms with Crippen LogP contribution in [0.25, 0.3) is 11.3 Å². The van der Waals surface area contributed by atoms with E-state index in [1.54, 1.807) is 0 Å². The van der Waals surface area contributed by atoms with Gasteiger partial charge >= 0.3 is 0 Å². The van der Waals surface area contributed by atoms with Crippen LogP contribution < -0.4 is 10.5 Å². The summed E-state index contributed by atoms with van der Waals surface area (Å²) in [6.45, 7) is 6.17. The summed E-state index contributed by atoms with van der Waals surface area (Å²) >= 11 is 0. The zero-order valence-electron chi connectivity index (χ0n) is 13.7.